The monoisotopic (exact) mass is 176 g/mol. The quantitative estimate of drug-likeness (QED) is 0.446. The molecule has 0 spiro atoms. The molecule has 0 aromatic carbocycles. The highest BCUT2D eigenvalue weighted by atomic mass is 28.3. The molecule has 0 aromatic rings. The standard InChI is InChI=1S/C8H22Si2/c1-9(2)7-5-6-8-10(3)4/h9-10H,5-8H2,1-4H3/i9D,10D. The van der Waals surface area contributed by atoms with Gasteiger partial charge in [-0.15, -0.1) is 0 Å². The third-order valence-corrected chi connectivity index (χ3v) is 4.31. The van der Waals surface area contributed by atoms with Crippen molar-refractivity contribution >= 4 is 17.5 Å². The summed E-state index contributed by atoms with van der Waals surface area (Å²) in [5, 5.41) is 0. The predicted molar refractivity (Wildman–Crippen MR) is 56.6 cm³/mol. The molecule has 2 heteroatoms. The molecule has 0 amide bonds. The van der Waals surface area contributed by atoms with Crippen LogP contribution in [-0.2, 0) is 0 Å². The van der Waals surface area contributed by atoms with Gasteiger partial charge in [0, 0.05) is 19.9 Å². The highest BCUT2D eigenvalue weighted by Crippen LogP contribution is 2.06. The van der Waals surface area contributed by atoms with Crippen LogP contribution in [0.4, 0.5) is 0 Å². The molecule has 0 aliphatic heterocycles. The summed E-state index contributed by atoms with van der Waals surface area (Å²) in [4.78, 5) is 0. The molecule has 10 heavy (non-hydrogen) atoms. The molecule has 0 unspecified atom stereocenters. The van der Waals surface area contributed by atoms with Crippen molar-refractivity contribution in [2.75, 3.05) is 0 Å². The second-order valence-electron chi connectivity index (χ2n) is 3.62. The molecule has 0 rings (SSSR count). The van der Waals surface area contributed by atoms with Crippen LogP contribution in [0.1, 0.15) is 12.8 Å². The van der Waals surface area contributed by atoms with E-state index in [1.807, 2.05) is 0 Å². The minimum Gasteiger partial charge on any atom is -0.0722 e. The first kappa shape index (κ1) is 7.10. The lowest BCUT2D eigenvalue weighted by Gasteiger charge is -2.03. The van der Waals surface area contributed by atoms with E-state index in [0.29, 0.717) is 0 Å². The molecule has 0 saturated heterocycles. The van der Waals surface area contributed by atoms with Crippen LogP contribution in [0.5, 0.6) is 0 Å². The summed E-state index contributed by atoms with van der Waals surface area (Å²) in [7, 11) is -3.10. The van der Waals surface area contributed by atoms with Gasteiger partial charge in [-0.1, -0.05) is 51.1 Å². The summed E-state index contributed by atoms with van der Waals surface area (Å²) in [6, 6.07) is 2.22. The molecule has 0 bridgehead atoms. The van der Waals surface area contributed by atoms with Crippen LogP contribution in [0.15, 0.2) is 0 Å². The highest BCUT2D eigenvalue weighted by molar-refractivity contribution is 6.56. The first-order valence-corrected chi connectivity index (χ1v) is 9.62. The number of rotatable bonds is 5. The van der Waals surface area contributed by atoms with E-state index in [2.05, 4.69) is 26.2 Å². The van der Waals surface area contributed by atoms with Crippen LogP contribution in [-0.4, -0.2) is 19.9 Å². The van der Waals surface area contributed by atoms with Gasteiger partial charge in [0.2, 0.25) is 0 Å². The zero-order valence-electron chi connectivity index (χ0n) is 9.83. The van der Waals surface area contributed by atoms with E-state index in [1.165, 1.54) is 12.8 Å². The van der Waals surface area contributed by atoms with E-state index in [-0.39, 0.29) is 0 Å². The molecular formula is C8H22Si2. The maximum absolute atomic E-state index is 7.77. The van der Waals surface area contributed by atoms with Crippen molar-refractivity contribution in [2.24, 2.45) is 0 Å². The molecular weight excluding hydrogens is 152 g/mol. The Kier molecular flexibility index (Phi) is 4.38. The minimum absolute atomic E-state index is 1.11. The van der Waals surface area contributed by atoms with E-state index >= 15 is 0 Å². The van der Waals surface area contributed by atoms with Gasteiger partial charge in [0.25, 0.3) is 0 Å². The van der Waals surface area contributed by atoms with E-state index in [4.69, 9.17) is 2.47 Å². The van der Waals surface area contributed by atoms with Gasteiger partial charge >= 0.3 is 0 Å². The summed E-state index contributed by atoms with van der Waals surface area (Å²) in [6.45, 7) is 8.37. The van der Waals surface area contributed by atoms with E-state index < -0.39 is 17.5 Å². The van der Waals surface area contributed by atoms with Crippen molar-refractivity contribution in [3.63, 3.8) is 0 Å². The van der Waals surface area contributed by atoms with Gasteiger partial charge < -0.3 is 0 Å². The lowest BCUT2D eigenvalue weighted by Crippen LogP contribution is -2.01. The fraction of sp³-hybridized carbons (Fsp3) is 1.00. The Morgan fingerprint density at radius 2 is 1.20 bits per heavy atom. The van der Waals surface area contributed by atoms with Crippen molar-refractivity contribution in [3.8, 4) is 0 Å². The van der Waals surface area contributed by atoms with Crippen molar-refractivity contribution in [2.45, 2.75) is 51.1 Å². The molecule has 0 saturated carbocycles. The average molecular weight is 176 g/mol. The predicted octanol–water partition coefficient (Wildman–Crippen LogP) is 2.74. The van der Waals surface area contributed by atoms with Gasteiger partial charge in [-0.3, -0.25) is 0 Å². The Morgan fingerprint density at radius 1 is 0.900 bits per heavy atom. The Morgan fingerprint density at radius 3 is 1.40 bits per heavy atom. The van der Waals surface area contributed by atoms with E-state index in [1.54, 1.807) is 0 Å². The van der Waals surface area contributed by atoms with Gasteiger partial charge in [-0.05, 0) is 0 Å². The van der Waals surface area contributed by atoms with Crippen LogP contribution in [0.25, 0.3) is 0 Å². The Hall–Kier alpha value is 0.434. The molecule has 0 aliphatic carbocycles. The van der Waals surface area contributed by atoms with Crippen molar-refractivity contribution in [1.29, 1.82) is 2.47 Å². The summed E-state index contributed by atoms with van der Waals surface area (Å²) >= 11 is 0. The minimum atomic E-state index is -1.55. The Bertz CT molecular complexity index is 108. The van der Waals surface area contributed by atoms with Crippen molar-refractivity contribution in [1.82, 2.24) is 0 Å². The molecule has 0 atom stereocenters. The molecule has 0 aliphatic rings. The SMILES string of the molecule is [2H][Si](C)(C)CCCC[Si]([2H])(C)C. The number of hydrogen-bond donors (Lipinski definition) is 0. The fourth-order valence-electron chi connectivity index (χ4n) is 0.957. The zero-order chi connectivity index (χ0) is 9.83. The largest absolute Gasteiger partial charge is 0.0722 e. The third kappa shape index (κ3) is 8.43. The van der Waals surface area contributed by atoms with Crippen molar-refractivity contribution < 1.29 is 0 Å². The summed E-state index contributed by atoms with van der Waals surface area (Å²) in [5.41, 5.74) is 0. The van der Waals surface area contributed by atoms with Crippen molar-refractivity contribution in [3.05, 3.63) is 0 Å². The van der Waals surface area contributed by atoms with Crippen LogP contribution in [0.2, 0.25) is 38.3 Å². The smallest absolute Gasteiger partial charge is 0.0305 e. The second-order valence-corrected chi connectivity index (χ2v) is 9.45. The average Bonchev–Trinajstić information content (AvgIpc) is 1.76. The summed E-state index contributed by atoms with van der Waals surface area (Å²) in [5.74, 6) is 0. The first-order valence-electron chi connectivity index (χ1n) is 5.21. The maximum Gasteiger partial charge on any atom is 0.0305 e. The molecule has 0 heterocycles. The van der Waals surface area contributed by atoms with Crippen LogP contribution < -0.4 is 0 Å². The van der Waals surface area contributed by atoms with E-state index in [0.717, 1.165) is 12.1 Å². The van der Waals surface area contributed by atoms with Crippen LogP contribution >= 0.6 is 0 Å². The lowest BCUT2D eigenvalue weighted by atomic mass is 10.4. The fourth-order valence-corrected chi connectivity index (χ4v) is 2.87. The van der Waals surface area contributed by atoms with Crippen LogP contribution in [0.3, 0.4) is 0 Å². The topological polar surface area (TPSA) is 0 Å². The van der Waals surface area contributed by atoms with E-state index in [9.17, 15) is 0 Å². The maximum atomic E-state index is 7.77. The first-order chi connectivity index (χ1) is 5.21. The zero-order valence-corrected chi connectivity index (χ0v) is 9.83. The van der Waals surface area contributed by atoms with Gasteiger partial charge in [0.1, 0.15) is 0 Å². The molecule has 0 radical (unpaired) electrons. The second kappa shape index (κ2) is 6.16. The van der Waals surface area contributed by atoms with Gasteiger partial charge in [-0.2, -0.15) is 0 Å². The number of unbranched alkanes of at least 4 members (excludes halogenated alkanes) is 1. The molecule has 0 nitrogen and oxygen atoms in total. The molecule has 0 aromatic heterocycles. The van der Waals surface area contributed by atoms with Gasteiger partial charge in [-0.25, -0.2) is 0 Å². The number of hydrogen-bond acceptors (Lipinski definition) is 0. The Balaban J connectivity index is 3.35. The molecule has 62 valence electrons. The molecule has 0 fully saturated rings. The van der Waals surface area contributed by atoms with Crippen LogP contribution in [0, 0.1) is 0 Å². The Labute approximate surface area is 71.7 Å². The van der Waals surface area contributed by atoms with Gasteiger partial charge in [0.15, 0.2) is 0 Å². The summed E-state index contributed by atoms with van der Waals surface area (Å²) in [6.07, 6.45) is 2.36. The molecule has 0 N–H and O–H groups in total. The lowest BCUT2D eigenvalue weighted by molar-refractivity contribution is 0.865. The summed E-state index contributed by atoms with van der Waals surface area (Å²) < 4.78 is 15.5. The normalized spacial score (nSPS) is 16.4. The highest BCUT2D eigenvalue weighted by Gasteiger charge is 1.97. The van der Waals surface area contributed by atoms with Gasteiger partial charge in [0.05, 0.1) is 0 Å². The third-order valence-electron chi connectivity index (χ3n) is 1.60.